The third-order valence-corrected chi connectivity index (χ3v) is 5.73. The number of pyridine rings is 1. The summed E-state index contributed by atoms with van der Waals surface area (Å²) in [6, 6.07) is 9.87. The van der Waals surface area contributed by atoms with E-state index in [0.29, 0.717) is 34.2 Å². The van der Waals surface area contributed by atoms with Gasteiger partial charge in [-0.05, 0) is 62.3 Å². The second-order valence-corrected chi connectivity index (χ2v) is 7.88. The molecule has 5 rings (SSSR count). The van der Waals surface area contributed by atoms with Crippen LogP contribution < -0.4 is 10.1 Å². The third-order valence-electron chi connectivity index (χ3n) is 5.73. The number of hydrogen-bond donors (Lipinski definition) is 1. The standard InChI is InChI=1S/C22H23N3O3/c1-12-19-17(11-18(13-3-4-13)23-22(19)28-25-12)21(26)24-20(14-5-6-14)15-7-9-16(27-2)10-8-15/h7-11,13-14,20H,3-6H2,1-2H3,(H,24,26)/t20-/m1/s1. The number of aryl methyl sites for hydroxylation is 1. The number of carbonyl (C=O) groups is 1. The lowest BCUT2D eigenvalue weighted by Gasteiger charge is -2.19. The molecule has 2 aliphatic rings. The maximum atomic E-state index is 13.3. The molecule has 0 bridgehead atoms. The van der Waals surface area contributed by atoms with Crippen LogP contribution in [0.3, 0.4) is 0 Å². The molecule has 1 N–H and O–H groups in total. The van der Waals surface area contributed by atoms with Gasteiger partial charge >= 0.3 is 0 Å². The van der Waals surface area contributed by atoms with E-state index in [1.54, 1.807) is 7.11 Å². The number of hydrogen-bond acceptors (Lipinski definition) is 5. The van der Waals surface area contributed by atoms with E-state index in [1.165, 1.54) is 0 Å². The Kier molecular flexibility index (Phi) is 4.07. The number of benzene rings is 1. The predicted molar refractivity (Wildman–Crippen MR) is 104 cm³/mol. The average Bonchev–Trinajstić information content (AvgIpc) is 3.63. The number of carbonyl (C=O) groups excluding carboxylic acids is 1. The van der Waals surface area contributed by atoms with Crippen molar-refractivity contribution in [2.24, 2.45) is 5.92 Å². The maximum Gasteiger partial charge on any atom is 0.259 e. The van der Waals surface area contributed by atoms with Gasteiger partial charge in [0.1, 0.15) is 5.75 Å². The average molecular weight is 377 g/mol. The molecule has 144 valence electrons. The highest BCUT2D eigenvalue weighted by Gasteiger charge is 2.35. The van der Waals surface area contributed by atoms with Gasteiger partial charge < -0.3 is 14.6 Å². The molecule has 0 saturated heterocycles. The Bertz CT molecular complexity index is 1030. The van der Waals surface area contributed by atoms with Crippen LogP contribution in [0.2, 0.25) is 0 Å². The van der Waals surface area contributed by atoms with Crippen molar-refractivity contribution in [1.82, 2.24) is 15.5 Å². The van der Waals surface area contributed by atoms with Gasteiger partial charge in [-0.15, -0.1) is 0 Å². The van der Waals surface area contributed by atoms with Crippen molar-refractivity contribution in [1.29, 1.82) is 0 Å². The van der Waals surface area contributed by atoms with Gasteiger partial charge in [-0.2, -0.15) is 0 Å². The van der Waals surface area contributed by atoms with Gasteiger partial charge in [-0.3, -0.25) is 4.79 Å². The lowest BCUT2D eigenvalue weighted by Crippen LogP contribution is -2.30. The lowest BCUT2D eigenvalue weighted by atomic mass is 10.0. The minimum atomic E-state index is -0.0895. The maximum absolute atomic E-state index is 13.3. The largest absolute Gasteiger partial charge is 0.497 e. The Morgan fingerprint density at radius 3 is 2.61 bits per heavy atom. The Hall–Kier alpha value is -2.89. The molecule has 1 aromatic carbocycles. The quantitative estimate of drug-likeness (QED) is 0.693. The van der Waals surface area contributed by atoms with Crippen molar-refractivity contribution in [2.75, 3.05) is 7.11 Å². The van der Waals surface area contributed by atoms with Crippen molar-refractivity contribution in [3.05, 3.63) is 52.8 Å². The summed E-state index contributed by atoms with van der Waals surface area (Å²) in [5.41, 5.74) is 3.80. The van der Waals surface area contributed by atoms with Gasteiger partial charge in [0.05, 0.1) is 29.8 Å². The molecule has 2 aromatic heterocycles. The minimum Gasteiger partial charge on any atom is -0.497 e. The topological polar surface area (TPSA) is 77.2 Å². The number of fused-ring (bicyclic) bond motifs is 1. The molecule has 2 fully saturated rings. The fourth-order valence-electron chi connectivity index (χ4n) is 3.81. The van der Waals surface area contributed by atoms with Gasteiger partial charge in [0.15, 0.2) is 0 Å². The fourth-order valence-corrected chi connectivity index (χ4v) is 3.81. The number of ether oxygens (including phenoxy) is 1. The molecule has 0 radical (unpaired) electrons. The number of nitrogens with one attached hydrogen (secondary N) is 1. The number of nitrogens with zero attached hydrogens (tertiary/aromatic N) is 2. The van der Waals surface area contributed by atoms with Crippen molar-refractivity contribution in [3.8, 4) is 5.75 Å². The van der Waals surface area contributed by atoms with Gasteiger partial charge in [-0.1, -0.05) is 17.3 Å². The van der Waals surface area contributed by atoms with E-state index < -0.39 is 0 Å². The molecule has 6 nitrogen and oxygen atoms in total. The summed E-state index contributed by atoms with van der Waals surface area (Å²) < 4.78 is 10.6. The Labute approximate surface area is 163 Å². The Morgan fingerprint density at radius 2 is 1.96 bits per heavy atom. The van der Waals surface area contributed by atoms with Crippen molar-refractivity contribution in [3.63, 3.8) is 0 Å². The fraction of sp³-hybridized carbons (Fsp3) is 0.409. The molecule has 28 heavy (non-hydrogen) atoms. The number of rotatable bonds is 6. The summed E-state index contributed by atoms with van der Waals surface area (Å²) in [7, 11) is 1.66. The van der Waals surface area contributed by atoms with E-state index in [-0.39, 0.29) is 11.9 Å². The molecule has 1 atom stereocenters. The Balaban J connectivity index is 1.48. The van der Waals surface area contributed by atoms with E-state index in [9.17, 15) is 4.79 Å². The summed E-state index contributed by atoms with van der Waals surface area (Å²) in [4.78, 5) is 17.9. The van der Waals surface area contributed by atoms with Gasteiger partial charge in [0, 0.05) is 11.6 Å². The number of methoxy groups -OCH3 is 1. The summed E-state index contributed by atoms with van der Waals surface area (Å²) in [5, 5.41) is 8.01. The van der Waals surface area contributed by atoms with Crippen LogP contribution in [0.4, 0.5) is 0 Å². The molecule has 6 heteroatoms. The minimum absolute atomic E-state index is 0.00818. The zero-order valence-electron chi connectivity index (χ0n) is 16.1. The molecule has 0 spiro atoms. The molecule has 0 aliphatic heterocycles. The van der Waals surface area contributed by atoms with Gasteiger partial charge in [0.2, 0.25) is 0 Å². The number of amides is 1. The first-order valence-electron chi connectivity index (χ1n) is 9.86. The smallest absolute Gasteiger partial charge is 0.259 e. The molecular weight excluding hydrogens is 354 g/mol. The van der Waals surface area contributed by atoms with Crippen LogP contribution in [-0.2, 0) is 0 Å². The van der Waals surface area contributed by atoms with E-state index in [0.717, 1.165) is 42.7 Å². The molecule has 2 aliphatic carbocycles. The van der Waals surface area contributed by atoms with Crippen LogP contribution in [0, 0.1) is 12.8 Å². The zero-order chi connectivity index (χ0) is 19.3. The van der Waals surface area contributed by atoms with E-state index >= 15 is 0 Å². The first kappa shape index (κ1) is 17.2. The second-order valence-electron chi connectivity index (χ2n) is 7.88. The highest BCUT2D eigenvalue weighted by atomic mass is 16.5. The van der Waals surface area contributed by atoms with Crippen LogP contribution in [0.5, 0.6) is 5.75 Å². The summed E-state index contributed by atoms with van der Waals surface area (Å²) in [5.74, 6) is 1.63. The predicted octanol–water partition coefficient (Wildman–Crippen LogP) is 4.30. The first-order valence-corrected chi connectivity index (χ1v) is 9.86. The van der Waals surface area contributed by atoms with E-state index in [1.807, 2.05) is 37.3 Å². The van der Waals surface area contributed by atoms with Crippen LogP contribution in [0.15, 0.2) is 34.9 Å². The zero-order valence-corrected chi connectivity index (χ0v) is 16.1. The molecule has 0 unspecified atom stereocenters. The van der Waals surface area contributed by atoms with Gasteiger partial charge in [-0.25, -0.2) is 4.98 Å². The Morgan fingerprint density at radius 1 is 1.21 bits per heavy atom. The normalized spacial score (nSPS) is 17.5. The van der Waals surface area contributed by atoms with E-state index in [2.05, 4.69) is 15.5 Å². The lowest BCUT2D eigenvalue weighted by molar-refractivity contribution is 0.0933. The highest BCUT2D eigenvalue weighted by Crippen LogP contribution is 2.42. The molecule has 3 aromatic rings. The number of aromatic nitrogens is 2. The van der Waals surface area contributed by atoms with Crippen LogP contribution in [0.1, 0.15) is 65.0 Å². The van der Waals surface area contributed by atoms with Crippen molar-refractivity contribution >= 4 is 17.0 Å². The highest BCUT2D eigenvalue weighted by molar-refractivity contribution is 6.06. The SMILES string of the molecule is COc1ccc([C@H](NC(=O)c2cc(C3CC3)nc3onc(C)c23)C2CC2)cc1. The summed E-state index contributed by atoms with van der Waals surface area (Å²) >= 11 is 0. The van der Waals surface area contributed by atoms with Crippen LogP contribution >= 0.6 is 0 Å². The molecule has 2 saturated carbocycles. The third kappa shape index (κ3) is 3.13. The monoisotopic (exact) mass is 377 g/mol. The second kappa shape index (κ2) is 6.62. The van der Waals surface area contributed by atoms with Crippen molar-refractivity contribution < 1.29 is 14.1 Å². The van der Waals surface area contributed by atoms with Gasteiger partial charge in [0.25, 0.3) is 11.6 Å². The van der Waals surface area contributed by atoms with Crippen LogP contribution in [-0.4, -0.2) is 23.2 Å². The summed E-state index contributed by atoms with van der Waals surface area (Å²) in [6.45, 7) is 1.85. The van der Waals surface area contributed by atoms with E-state index in [4.69, 9.17) is 9.26 Å². The van der Waals surface area contributed by atoms with Crippen molar-refractivity contribution in [2.45, 2.75) is 44.6 Å². The first-order chi connectivity index (χ1) is 13.6. The molecule has 2 heterocycles. The summed E-state index contributed by atoms with van der Waals surface area (Å²) in [6.07, 6.45) is 4.48. The van der Waals surface area contributed by atoms with Crippen LogP contribution in [0.25, 0.3) is 11.1 Å². The molecule has 1 amide bonds. The molecular formula is C22H23N3O3.